The highest BCUT2D eigenvalue weighted by atomic mass is 32.2. The summed E-state index contributed by atoms with van der Waals surface area (Å²) in [5, 5.41) is 11.2. The van der Waals surface area contributed by atoms with Gasteiger partial charge in [-0.15, -0.1) is 0 Å². The fourth-order valence-corrected chi connectivity index (χ4v) is 3.19. The van der Waals surface area contributed by atoms with E-state index in [-0.39, 0.29) is 29.8 Å². The number of carboxylic acid groups (broad SMARTS) is 1. The second kappa shape index (κ2) is 5.67. The highest BCUT2D eigenvalue weighted by molar-refractivity contribution is 7.84. The lowest BCUT2D eigenvalue weighted by atomic mass is 9.95. The molecular formula is C13H14F3NO3S. The summed E-state index contributed by atoms with van der Waals surface area (Å²) in [5.41, 5.74) is 1.25. The van der Waals surface area contributed by atoms with E-state index in [2.05, 4.69) is 5.32 Å². The number of carboxylic acids is 1. The first-order valence-corrected chi connectivity index (χ1v) is 7.78. The van der Waals surface area contributed by atoms with Gasteiger partial charge in [0.25, 0.3) is 0 Å². The number of hydrogen-bond acceptors (Lipinski definition) is 3. The van der Waals surface area contributed by atoms with E-state index in [9.17, 15) is 22.2 Å². The second-order valence-electron chi connectivity index (χ2n) is 4.93. The van der Waals surface area contributed by atoms with E-state index in [0.717, 1.165) is 0 Å². The molecule has 8 heteroatoms. The molecule has 21 heavy (non-hydrogen) atoms. The molecule has 4 nitrogen and oxygen atoms in total. The summed E-state index contributed by atoms with van der Waals surface area (Å²) in [7, 11) is -1.51. The second-order valence-corrected chi connectivity index (χ2v) is 6.28. The molecule has 1 aromatic carbocycles. The van der Waals surface area contributed by atoms with Crippen molar-refractivity contribution in [1.82, 2.24) is 0 Å². The number of aryl methyl sites for hydroxylation is 1. The fourth-order valence-electron chi connectivity index (χ4n) is 2.39. The third kappa shape index (κ3) is 3.55. The standard InChI is InChI=1S/C13H14F3NO3S/c1-21(20)9-5-7(6-11(18)19)4-8-2-3-10(13(14,15)16)17-12(8)9/h4-5,10,17H,2-3,6H2,1H3,(H,18,19). The van der Waals surface area contributed by atoms with E-state index in [4.69, 9.17) is 5.11 Å². The van der Waals surface area contributed by atoms with E-state index < -0.39 is 29.0 Å². The molecule has 0 aromatic heterocycles. The smallest absolute Gasteiger partial charge is 0.408 e. The number of fused-ring (bicyclic) bond motifs is 1. The van der Waals surface area contributed by atoms with Gasteiger partial charge in [0.05, 0.1) is 27.8 Å². The van der Waals surface area contributed by atoms with Crippen molar-refractivity contribution in [2.45, 2.75) is 36.4 Å². The van der Waals surface area contributed by atoms with Gasteiger partial charge >= 0.3 is 12.1 Å². The SMILES string of the molecule is CS(=O)c1cc(CC(=O)O)cc2c1NC(C(F)(F)F)CC2. The van der Waals surface area contributed by atoms with Crippen LogP contribution in [-0.2, 0) is 28.4 Å². The van der Waals surface area contributed by atoms with Crippen molar-refractivity contribution in [1.29, 1.82) is 0 Å². The Hall–Kier alpha value is -1.57. The molecule has 1 aliphatic rings. The van der Waals surface area contributed by atoms with Crippen LogP contribution in [0.2, 0.25) is 0 Å². The minimum atomic E-state index is -4.37. The maximum absolute atomic E-state index is 12.8. The molecule has 2 atom stereocenters. The molecule has 1 heterocycles. The van der Waals surface area contributed by atoms with Gasteiger partial charge in [-0.25, -0.2) is 0 Å². The molecule has 0 amide bonds. The fraction of sp³-hybridized carbons (Fsp3) is 0.462. The minimum absolute atomic E-state index is 0.122. The van der Waals surface area contributed by atoms with Crippen molar-refractivity contribution in [2.75, 3.05) is 11.6 Å². The van der Waals surface area contributed by atoms with Crippen LogP contribution in [-0.4, -0.2) is 33.8 Å². The van der Waals surface area contributed by atoms with Crippen molar-refractivity contribution >= 4 is 22.5 Å². The number of anilines is 1. The van der Waals surface area contributed by atoms with Gasteiger partial charge in [-0.3, -0.25) is 9.00 Å². The molecule has 0 saturated carbocycles. The van der Waals surface area contributed by atoms with Crippen LogP contribution in [0.25, 0.3) is 0 Å². The lowest BCUT2D eigenvalue weighted by molar-refractivity contribution is -0.144. The molecule has 0 fully saturated rings. The van der Waals surface area contributed by atoms with E-state index in [1.165, 1.54) is 12.3 Å². The van der Waals surface area contributed by atoms with E-state index in [1.807, 2.05) is 0 Å². The maximum atomic E-state index is 12.8. The van der Waals surface area contributed by atoms with Crippen LogP contribution in [0.3, 0.4) is 0 Å². The van der Waals surface area contributed by atoms with Crippen molar-refractivity contribution in [3.05, 3.63) is 23.3 Å². The number of aliphatic carboxylic acids is 1. The quantitative estimate of drug-likeness (QED) is 0.897. The Morgan fingerprint density at radius 2 is 2.14 bits per heavy atom. The average molecular weight is 321 g/mol. The summed E-state index contributed by atoms with van der Waals surface area (Å²) in [5.74, 6) is -1.04. The molecule has 0 saturated heterocycles. The van der Waals surface area contributed by atoms with Crippen molar-refractivity contribution in [3.63, 3.8) is 0 Å². The van der Waals surface area contributed by atoms with Crippen LogP contribution >= 0.6 is 0 Å². The third-order valence-electron chi connectivity index (χ3n) is 3.32. The number of rotatable bonds is 3. The molecule has 0 spiro atoms. The van der Waals surface area contributed by atoms with Crippen LogP contribution in [0.4, 0.5) is 18.9 Å². The number of hydrogen-bond donors (Lipinski definition) is 2. The van der Waals surface area contributed by atoms with E-state index >= 15 is 0 Å². The first kappa shape index (κ1) is 15.8. The van der Waals surface area contributed by atoms with Gasteiger partial charge in [0, 0.05) is 6.26 Å². The Labute approximate surface area is 121 Å². The van der Waals surface area contributed by atoms with Gasteiger partial charge in [-0.1, -0.05) is 6.07 Å². The van der Waals surface area contributed by atoms with Gasteiger partial charge in [0.2, 0.25) is 0 Å². The van der Waals surface area contributed by atoms with Crippen LogP contribution < -0.4 is 5.32 Å². The topological polar surface area (TPSA) is 66.4 Å². The molecule has 116 valence electrons. The van der Waals surface area contributed by atoms with Gasteiger partial charge in [-0.2, -0.15) is 13.2 Å². The zero-order valence-corrected chi connectivity index (χ0v) is 12.0. The third-order valence-corrected chi connectivity index (χ3v) is 4.27. The zero-order chi connectivity index (χ0) is 15.8. The molecule has 2 N–H and O–H groups in total. The number of carbonyl (C=O) groups is 1. The molecule has 0 bridgehead atoms. The van der Waals surface area contributed by atoms with Crippen LogP contribution in [0.5, 0.6) is 0 Å². The Balaban J connectivity index is 2.44. The first-order chi connectivity index (χ1) is 9.68. The molecule has 1 aliphatic heterocycles. The van der Waals surface area contributed by atoms with Crippen LogP contribution in [0, 0.1) is 0 Å². The summed E-state index contributed by atoms with van der Waals surface area (Å²) >= 11 is 0. The van der Waals surface area contributed by atoms with Crippen LogP contribution in [0.15, 0.2) is 17.0 Å². The number of benzene rings is 1. The minimum Gasteiger partial charge on any atom is -0.481 e. The first-order valence-electron chi connectivity index (χ1n) is 6.22. The summed E-state index contributed by atoms with van der Waals surface area (Å²) in [6.07, 6.45) is -3.21. The Kier molecular flexibility index (Phi) is 4.27. The summed E-state index contributed by atoms with van der Waals surface area (Å²) in [4.78, 5) is 11.0. The Morgan fingerprint density at radius 1 is 1.48 bits per heavy atom. The van der Waals surface area contributed by atoms with E-state index in [1.54, 1.807) is 6.07 Å². The highest BCUT2D eigenvalue weighted by Crippen LogP contribution is 2.37. The van der Waals surface area contributed by atoms with Gasteiger partial charge in [-0.05, 0) is 30.0 Å². The molecule has 2 unspecified atom stereocenters. The molecule has 1 aromatic rings. The number of halogens is 3. The molecule has 0 aliphatic carbocycles. The van der Waals surface area contributed by atoms with Crippen LogP contribution in [0.1, 0.15) is 17.5 Å². The largest absolute Gasteiger partial charge is 0.481 e. The van der Waals surface area contributed by atoms with Gasteiger partial charge in [0.1, 0.15) is 6.04 Å². The Morgan fingerprint density at radius 3 is 2.67 bits per heavy atom. The lowest BCUT2D eigenvalue weighted by Gasteiger charge is -2.30. The predicted molar refractivity (Wildman–Crippen MR) is 71.9 cm³/mol. The maximum Gasteiger partial charge on any atom is 0.408 e. The molecular weight excluding hydrogens is 307 g/mol. The predicted octanol–water partition coefficient (Wildman–Crippen LogP) is 2.34. The monoisotopic (exact) mass is 321 g/mol. The zero-order valence-electron chi connectivity index (χ0n) is 11.2. The average Bonchev–Trinajstić information content (AvgIpc) is 2.35. The number of nitrogens with one attached hydrogen (secondary N) is 1. The normalized spacial score (nSPS) is 19.5. The summed E-state index contributed by atoms with van der Waals surface area (Å²) in [6.45, 7) is 0. The molecule has 0 radical (unpaired) electrons. The molecule has 2 rings (SSSR count). The Bertz CT molecular complexity index is 601. The van der Waals surface area contributed by atoms with E-state index in [0.29, 0.717) is 11.1 Å². The van der Waals surface area contributed by atoms with Gasteiger partial charge in [0.15, 0.2) is 0 Å². The van der Waals surface area contributed by atoms with Crippen molar-refractivity contribution in [2.24, 2.45) is 0 Å². The van der Waals surface area contributed by atoms with Gasteiger partial charge < -0.3 is 10.4 Å². The van der Waals surface area contributed by atoms with Crippen molar-refractivity contribution < 1.29 is 27.3 Å². The summed E-state index contributed by atoms with van der Waals surface area (Å²) in [6, 6.07) is 1.30. The summed E-state index contributed by atoms with van der Waals surface area (Å²) < 4.78 is 50.2. The highest BCUT2D eigenvalue weighted by Gasteiger charge is 2.41. The lowest BCUT2D eigenvalue weighted by Crippen LogP contribution is -2.39. The van der Waals surface area contributed by atoms with Crippen molar-refractivity contribution in [3.8, 4) is 0 Å². The number of alkyl halides is 3.